The zero-order valence-electron chi connectivity index (χ0n) is 12.0. The number of likely N-dealkylation sites (N-methyl/N-ethyl adjacent to an activating group) is 1. The predicted octanol–water partition coefficient (Wildman–Crippen LogP) is 3.75. The van der Waals surface area contributed by atoms with Gasteiger partial charge in [0, 0.05) is 25.9 Å². The lowest BCUT2D eigenvalue weighted by molar-refractivity contribution is 0.370. The maximum absolute atomic E-state index is 4.84. The molecule has 0 N–H and O–H groups in total. The summed E-state index contributed by atoms with van der Waals surface area (Å²) in [5, 5.41) is 0. The van der Waals surface area contributed by atoms with Crippen LogP contribution in [0.1, 0.15) is 30.5 Å². The molecule has 0 aliphatic carbocycles. The van der Waals surface area contributed by atoms with E-state index >= 15 is 0 Å². The van der Waals surface area contributed by atoms with Crippen LogP contribution in [0.5, 0.6) is 0 Å². The first kappa shape index (κ1) is 12.9. The molecule has 0 bridgehead atoms. The lowest BCUT2D eigenvalue weighted by Crippen LogP contribution is -2.30. The summed E-state index contributed by atoms with van der Waals surface area (Å²) < 4.78 is 0. The maximum atomic E-state index is 4.84. The highest BCUT2D eigenvalue weighted by Crippen LogP contribution is 2.33. The molecule has 0 fully saturated rings. The first-order valence-corrected chi connectivity index (χ1v) is 7.08. The van der Waals surface area contributed by atoms with Crippen molar-refractivity contribution in [1.29, 1.82) is 0 Å². The number of para-hydroxylation sites is 1. The highest BCUT2D eigenvalue weighted by Gasteiger charge is 2.24. The predicted molar refractivity (Wildman–Crippen MR) is 82.3 cm³/mol. The van der Waals surface area contributed by atoms with Gasteiger partial charge in [0.25, 0.3) is 0 Å². The van der Waals surface area contributed by atoms with Crippen LogP contribution in [0, 0.1) is 0 Å². The summed E-state index contributed by atoms with van der Waals surface area (Å²) in [4.78, 5) is 11.3. The molecule has 1 atom stereocenters. The number of rotatable bonds is 2. The summed E-state index contributed by atoms with van der Waals surface area (Å²) >= 11 is 0. The van der Waals surface area contributed by atoms with Crippen LogP contribution in [0.3, 0.4) is 0 Å². The smallest absolute Gasteiger partial charge is 0.105 e. The van der Waals surface area contributed by atoms with Gasteiger partial charge in [-0.25, -0.2) is 4.99 Å². The Hall–Kier alpha value is -2.16. The molecule has 0 saturated heterocycles. The third kappa shape index (κ3) is 2.31. The van der Waals surface area contributed by atoms with Gasteiger partial charge in [-0.15, -0.1) is 0 Å². The molecule has 1 unspecified atom stereocenters. The van der Waals surface area contributed by atoms with E-state index in [1.54, 1.807) is 0 Å². The molecular weight excluding hydrogens is 246 g/mol. The quantitative estimate of drug-likeness (QED) is 0.827. The minimum atomic E-state index is 0.320. The van der Waals surface area contributed by atoms with Crippen LogP contribution in [0.25, 0.3) is 0 Å². The van der Waals surface area contributed by atoms with Gasteiger partial charge < -0.3 is 4.90 Å². The van der Waals surface area contributed by atoms with Crippen molar-refractivity contribution < 1.29 is 0 Å². The van der Waals surface area contributed by atoms with Crippen molar-refractivity contribution in [3.05, 3.63) is 59.9 Å². The Labute approximate surface area is 120 Å². The molecular formula is C17H19N3. The number of nitrogens with zero attached hydrogens (tertiary/aromatic N) is 3. The molecule has 102 valence electrons. The Morgan fingerprint density at radius 2 is 1.90 bits per heavy atom. The van der Waals surface area contributed by atoms with Gasteiger partial charge in [0.1, 0.15) is 5.84 Å². The normalized spacial score (nSPS) is 18.2. The molecule has 2 aromatic rings. The second-order valence-electron chi connectivity index (χ2n) is 5.12. The second kappa shape index (κ2) is 5.45. The Morgan fingerprint density at radius 3 is 2.65 bits per heavy atom. The van der Waals surface area contributed by atoms with Crippen molar-refractivity contribution in [1.82, 2.24) is 9.88 Å². The standard InChI is InChI=1S/C17H19N3/c1-3-17-19-15-7-5-4-6-14(15)12-16(20(17)2)13-8-10-18-11-9-13/h4-11,16H,3,12H2,1-2H3. The number of aromatic nitrogens is 1. The molecule has 3 heteroatoms. The van der Waals surface area contributed by atoms with Crippen molar-refractivity contribution in [3.63, 3.8) is 0 Å². The molecule has 0 saturated carbocycles. The van der Waals surface area contributed by atoms with Crippen molar-refractivity contribution in [2.45, 2.75) is 25.8 Å². The topological polar surface area (TPSA) is 28.5 Å². The van der Waals surface area contributed by atoms with Crippen molar-refractivity contribution >= 4 is 11.5 Å². The van der Waals surface area contributed by atoms with Crippen molar-refractivity contribution in [2.24, 2.45) is 4.99 Å². The minimum absolute atomic E-state index is 0.320. The van der Waals surface area contributed by atoms with E-state index in [9.17, 15) is 0 Å². The van der Waals surface area contributed by atoms with E-state index in [0.717, 1.165) is 24.4 Å². The van der Waals surface area contributed by atoms with Crippen LogP contribution in [-0.2, 0) is 6.42 Å². The first-order valence-electron chi connectivity index (χ1n) is 7.08. The van der Waals surface area contributed by atoms with E-state index in [1.165, 1.54) is 11.1 Å². The van der Waals surface area contributed by atoms with Crippen LogP contribution in [0.15, 0.2) is 53.8 Å². The van der Waals surface area contributed by atoms with E-state index < -0.39 is 0 Å². The fourth-order valence-electron chi connectivity index (χ4n) is 2.79. The number of aliphatic imine (C=N–C) groups is 1. The number of benzene rings is 1. The van der Waals surface area contributed by atoms with E-state index in [4.69, 9.17) is 4.99 Å². The van der Waals surface area contributed by atoms with Gasteiger partial charge in [-0.1, -0.05) is 25.1 Å². The molecule has 0 spiro atoms. The number of amidine groups is 1. The highest BCUT2D eigenvalue weighted by molar-refractivity contribution is 5.86. The number of hydrogen-bond donors (Lipinski definition) is 0. The Kier molecular flexibility index (Phi) is 3.50. The molecule has 0 amide bonds. The molecule has 3 rings (SSSR count). The molecule has 1 aromatic carbocycles. The van der Waals surface area contributed by atoms with Gasteiger partial charge >= 0.3 is 0 Å². The molecule has 20 heavy (non-hydrogen) atoms. The van der Waals surface area contributed by atoms with Gasteiger partial charge in [-0.3, -0.25) is 4.98 Å². The molecule has 3 nitrogen and oxygen atoms in total. The third-order valence-electron chi connectivity index (χ3n) is 3.94. The van der Waals surface area contributed by atoms with Gasteiger partial charge in [0.05, 0.1) is 11.7 Å². The van der Waals surface area contributed by atoms with E-state index in [2.05, 4.69) is 60.3 Å². The average molecular weight is 265 g/mol. The zero-order chi connectivity index (χ0) is 13.9. The third-order valence-corrected chi connectivity index (χ3v) is 3.94. The monoisotopic (exact) mass is 265 g/mol. The van der Waals surface area contributed by atoms with E-state index in [1.807, 2.05) is 12.4 Å². The molecule has 1 aliphatic heterocycles. The fraction of sp³-hybridized carbons (Fsp3) is 0.294. The van der Waals surface area contributed by atoms with Gasteiger partial charge in [-0.2, -0.15) is 0 Å². The van der Waals surface area contributed by atoms with Crippen LogP contribution in [0.4, 0.5) is 5.69 Å². The fourth-order valence-corrected chi connectivity index (χ4v) is 2.79. The number of fused-ring (bicyclic) bond motifs is 1. The van der Waals surface area contributed by atoms with Crippen LogP contribution >= 0.6 is 0 Å². The summed E-state index contributed by atoms with van der Waals surface area (Å²) in [6, 6.07) is 13.0. The van der Waals surface area contributed by atoms with Gasteiger partial charge in [0.2, 0.25) is 0 Å². The zero-order valence-corrected chi connectivity index (χ0v) is 12.0. The van der Waals surface area contributed by atoms with Gasteiger partial charge in [0.15, 0.2) is 0 Å². The molecule has 1 aromatic heterocycles. The average Bonchev–Trinajstić information content (AvgIpc) is 2.65. The minimum Gasteiger partial charge on any atom is -0.356 e. The van der Waals surface area contributed by atoms with Crippen molar-refractivity contribution in [2.75, 3.05) is 7.05 Å². The lowest BCUT2D eigenvalue weighted by Gasteiger charge is -2.29. The Bertz CT molecular complexity index is 619. The van der Waals surface area contributed by atoms with Crippen LogP contribution in [-0.4, -0.2) is 22.8 Å². The largest absolute Gasteiger partial charge is 0.356 e. The second-order valence-corrected chi connectivity index (χ2v) is 5.12. The SMILES string of the molecule is CCC1=Nc2ccccc2CC(c2ccncc2)N1C. The Balaban J connectivity index is 2.07. The number of pyridine rings is 1. The molecule has 0 radical (unpaired) electrons. The molecule has 1 aliphatic rings. The van der Waals surface area contributed by atoms with Crippen LogP contribution in [0.2, 0.25) is 0 Å². The summed E-state index contributed by atoms with van der Waals surface area (Å²) in [6.07, 6.45) is 5.64. The van der Waals surface area contributed by atoms with Crippen LogP contribution < -0.4 is 0 Å². The van der Waals surface area contributed by atoms with Crippen molar-refractivity contribution in [3.8, 4) is 0 Å². The highest BCUT2D eigenvalue weighted by atomic mass is 15.2. The summed E-state index contributed by atoms with van der Waals surface area (Å²) in [6.45, 7) is 2.16. The lowest BCUT2D eigenvalue weighted by atomic mass is 9.98. The van der Waals surface area contributed by atoms with E-state index in [-0.39, 0.29) is 0 Å². The summed E-state index contributed by atoms with van der Waals surface area (Å²) in [5.74, 6) is 1.14. The maximum Gasteiger partial charge on any atom is 0.105 e. The summed E-state index contributed by atoms with van der Waals surface area (Å²) in [7, 11) is 2.14. The number of hydrogen-bond acceptors (Lipinski definition) is 3. The molecule has 2 heterocycles. The van der Waals surface area contributed by atoms with Gasteiger partial charge in [-0.05, 0) is 35.7 Å². The summed E-state index contributed by atoms with van der Waals surface area (Å²) in [5.41, 5.74) is 3.71. The Morgan fingerprint density at radius 1 is 1.15 bits per heavy atom. The first-order chi connectivity index (χ1) is 9.79. The van der Waals surface area contributed by atoms with E-state index in [0.29, 0.717) is 6.04 Å².